The highest BCUT2D eigenvalue weighted by molar-refractivity contribution is 7.93. The number of carbonyl (C=O) groups is 1. The minimum absolute atomic E-state index is 0.0589. The van der Waals surface area contributed by atoms with Crippen LogP contribution >= 0.6 is 0 Å². The molecular weight excluding hydrogens is 570 g/mol. The average Bonchev–Trinajstić information content (AvgIpc) is 3.00. The van der Waals surface area contributed by atoms with Gasteiger partial charge in [-0.25, -0.2) is 16.8 Å². The van der Waals surface area contributed by atoms with E-state index < -0.39 is 32.5 Å². The van der Waals surface area contributed by atoms with Crippen molar-refractivity contribution in [1.82, 2.24) is 4.31 Å². The predicted octanol–water partition coefficient (Wildman–Crippen LogP) is 3.72. The molecule has 0 saturated carbocycles. The summed E-state index contributed by atoms with van der Waals surface area (Å²) < 4.78 is 72.5. The lowest BCUT2D eigenvalue weighted by Crippen LogP contribution is -2.38. The fourth-order valence-electron chi connectivity index (χ4n) is 4.54. The lowest BCUT2D eigenvalue weighted by atomic mass is 10.2. The number of sulfonamides is 2. The van der Waals surface area contributed by atoms with Crippen LogP contribution in [0.25, 0.3) is 0 Å². The van der Waals surface area contributed by atoms with Gasteiger partial charge in [0.2, 0.25) is 15.9 Å². The number of hydrogen-bond acceptors (Lipinski definition) is 8. The van der Waals surface area contributed by atoms with E-state index >= 15 is 0 Å². The Morgan fingerprint density at radius 1 is 0.829 bits per heavy atom. The normalized spacial score (nSPS) is 14.2. The second-order valence-corrected chi connectivity index (χ2v) is 13.0. The van der Waals surface area contributed by atoms with Crippen molar-refractivity contribution in [1.29, 1.82) is 0 Å². The van der Waals surface area contributed by atoms with E-state index in [1.165, 1.54) is 74.2 Å². The molecule has 3 aromatic rings. The van der Waals surface area contributed by atoms with Crippen LogP contribution in [0.2, 0.25) is 0 Å². The molecule has 1 amide bonds. The van der Waals surface area contributed by atoms with Crippen LogP contribution in [0.15, 0.2) is 76.5 Å². The second-order valence-electron chi connectivity index (χ2n) is 9.24. The van der Waals surface area contributed by atoms with Crippen LogP contribution in [0.4, 0.5) is 11.4 Å². The number of benzene rings is 3. The van der Waals surface area contributed by atoms with Crippen LogP contribution in [0.5, 0.6) is 17.2 Å². The molecule has 1 fully saturated rings. The maximum atomic E-state index is 13.8. The number of para-hydroxylation sites is 2. The van der Waals surface area contributed by atoms with Crippen LogP contribution in [0.3, 0.4) is 0 Å². The Morgan fingerprint density at radius 2 is 1.49 bits per heavy atom. The summed E-state index contributed by atoms with van der Waals surface area (Å²) in [6, 6.07) is 16.5. The molecule has 0 bridgehead atoms. The lowest BCUT2D eigenvalue weighted by Gasteiger charge is -2.27. The van der Waals surface area contributed by atoms with Gasteiger partial charge in [-0.1, -0.05) is 18.6 Å². The van der Waals surface area contributed by atoms with Crippen LogP contribution in [-0.4, -0.2) is 68.0 Å². The van der Waals surface area contributed by atoms with Crippen LogP contribution in [-0.2, 0) is 24.8 Å². The summed E-state index contributed by atoms with van der Waals surface area (Å²) >= 11 is 0. The first kappa shape index (κ1) is 30.2. The number of carbonyl (C=O) groups excluding carboxylic acids is 1. The number of piperidine rings is 1. The van der Waals surface area contributed by atoms with Crippen molar-refractivity contribution in [2.75, 3.05) is 50.6 Å². The van der Waals surface area contributed by atoms with Crippen molar-refractivity contribution in [2.24, 2.45) is 0 Å². The molecule has 1 aliphatic rings. The lowest BCUT2D eigenvalue weighted by molar-refractivity contribution is -0.114. The monoisotopic (exact) mass is 603 g/mol. The maximum Gasteiger partial charge on any atom is 0.264 e. The molecule has 220 valence electrons. The molecule has 0 radical (unpaired) electrons. The van der Waals surface area contributed by atoms with Crippen molar-refractivity contribution < 1.29 is 35.8 Å². The first-order valence-electron chi connectivity index (χ1n) is 12.9. The quantitative estimate of drug-likeness (QED) is 0.351. The third-order valence-electron chi connectivity index (χ3n) is 6.67. The van der Waals surface area contributed by atoms with Crippen molar-refractivity contribution in [2.45, 2.75) is 29.1 Å². The van der Waals surface area contributed by atoms with Gasteiger partial charge in [0.1, 0.15) is 28.7 Å². The third kappa shape index (κ3) is 6.58. The minimum Gasteiger partial charge on any atom is -0.497 e. The maximum absolute atomic E-state index is 13.8. The molecule has 0 aromatic heterocycles. The molecule has 3 aromatic carbocycles. The number of hydrogen-bond donors (Lipinski definition) is 1. The zero-order chi connectivity index (χ0) is 29.6. The second kappa shape index (κ2) is 12.8. The molecular formula is C28H33N3O8S2. The predicted molar refractivity (Wildman–Crippen MR) is 155 cm³/mol. The summed E-state index contributed by atoms with van der Waals surface area (Å²) in [5.74, 6) is 0.169. The number of anilines is 2. The number of methoxy groups -OCH3 is 3. The number of rotatable bonds is 11. The minimum atomic E-state index is -4.24. The van der Waals surface area contributed by atoms with Crippen molar-refractivity contribution in [3.63, 3.8) is 0 Å². The number of nitrogens with zero attached hydrogens (tertiary/aromatic N) is 2. The van der Waals surface area contributed by atoms with E-state index in [4.69, 9.17) is 14.2 Å². The van der Waals surface area contributed by atoms with E-state index in [1.54, 1.807) is 18.2 Å². The highest BCUT2D eigenvalue weighted by Gasteiger charge is 2.31. The van der Waals surface area contributed by atoms with Crippen molar-refractivity contribution >= 4 is 37.3 Å². The van der Waals surface area contributed by atoms with Gasteiger partial charge in [0.25, 0.3) is 10.0 Å². The fraction of sp³-hybridized carbons (Fsp3) is 0.321. The molecule has 41 heavy (non-hydrogen) atoms. The molecule has 13 heteroatoms. The molecule has 1 heterocycles. The van der Waals surface area contributed by atoms with E-state index in [-0.39, 0.29) is 32.7 Å². The van der Waals surface area contributed by atoms with Gasteiger partial charge < -0.3 is 19.5 Å². The molecule has 0 atom stereocenters. The van der Waals surface area contributed by atoms with E-state index in [1.807, 2.05) is 0 Å². The van der Waals surface area contributed by atoms with Crippen molar-refractivity contribution in [3.05, 3.63) is 66.7 Å². The average molecular weight is 604 g/mol. The van der Waals surface area contributed by atoms with Crippen LogP contribution < -0.4 is 23.8 Å². The summed E-state index contributed by atoms with van der Waals surface area (Å²) in [7, 11) is -3.88. The molecule has 0 aliphatic carbocycles. The standard InChI is InChI=1S/C28H33N3O8S2/c1-37-22-12-14-23(15-13-22)40(33,34)31(24-9-5-6-10-25(24)38-2)20-28(32)29-21-11-16-26(39-3)27(19-21)41(35,36)30-17-7-4-8-18-30/h5-6,9-16,19H,4,7-8,17-18,20H2,1-3H3,(H,29,32). The SMILES string of the molecule is COc1ccc(S(=O)(=O)N(CC(=O)Nc2ccc(OC)c(S(=O)(=O)N3CCCCC3)c2)c2ccccc2OC)cc1. The Bertz CT molecular complexity index is 1590. The zero-order valence-corrected chi connectivity index (χ0v) is 24.7. The molecule has 0 unspecified atom stereocenters. The highest BCUT2D eigenvalue weighted by atomic mass is 32.2. The van der Waals surface area contributed by atoms with Crippen LogP contribution in [0.1, 0.15) is 19.3 Å². The van der Waals surface area contributed by atoms with Gasteiger partial charge in [0.15, 0.2) is 0 Å². The Labute approximate surface area is 240 Å². The number of ether oxygens (including phenoxy) is 3. The molecule has 4 rings (SSSR count). The first-order valence-corrected chi connectivity index (χ1v) is 15.8. The smallest absolute Gasteiger partial charge is 0.264 e. The summed E-state index contributed by atoms with van der Waals surface area (Å²) in [5, 5.41) is 2.64. The van der Waals surface area contributed by atoms with E-state index in [0.717, 1.165) is 23.6 Å². The van der Waals surface area contributed by atoms with Crippen LogP contribution in [0, 0.1) is 0 Å². The zero-order valence-electron chi connectivity index (χ0n) is 23.1. The topological polar surface area (TPSA) is 132 Å². The number of amides is 1. The molecule has 1 aliphatic heterocycles. The van der Waals surface area contributed by atoms with Gasteiger partial charge in [-0.2, -0.15) is 4.31 Å². The largest absolute Gasteiger partial charge is 0.497 e. The molecule has 11 nitrogen and oxygen atoms in total. The first-order chi connectivity index (χ1) is 19.6. The van der Waals surface area contributed by atoms with Gasteiger partial charge in [-0.15, -0.1) is 0 Å². The molecule has 0 spiro atoms. The van der Waals surface area contributed by atoms with Gasteiger partial charge in [-0.05, 0) is 67.4 Å². The summed E-state index contributed by atoms with van der Waals surface area (Å²) in [6.07, 6.45) is 2.49. The summed E-state index contributed by atoms with van der Waals surface area (Å²) in [4.78, 5) is 13.2. The van der Waals surface area contributed by atoms with Gasteiger partial charge in [0, 0.05) is 18.8 Å². The van der Waals surface area contributed by atoms with Gasteiger partial charge in [-0.3, -0.25) is 9.10 Å². The Hall–Kier alpha value is -3.81. The molecule has 1 saturated heterocycles. The summed E-state index contributed by atoms with van der Waals surface area (Å²) in [6.45, 7) is 0.188. The third-order valence-corrected chi connectivity index (χ3v) is 10.4. The Kier molecular flexibility index (Phi) is 9.41. The Balaban J connectivity index is 1.66. The highest BCUT2D eigenvalue weighted by Crippen LogP contribution is 2.34. The van der Waals surface area contributed by atoms with Gasteiger partial charge in [0.05, 0.1) is 31.9 Å². The van der Waals surface area contributed by atoms with E-state index in [9.17, 15) is 21.6 Å². The fourth-order valence-corrected chi connectivity index (χ4v) is 7.67. The van der Waals surface area contributed by atoms with E-state index in [2.05, 4.69) is 5.32 Å². The number of nitrogens with one attached hydrogen (secondary N) is 1. The summed E-state index contributed by atoms with van der Waals surface area (Å²) in [5.41, 5.74) is 0.331. The van der Waals surface area contributed by atoms with Crippen molar-refractivity contribution in [3.8, 4) is 17.2 Å². The molecule has 1 N–H and O–H groups in total. The van der Waals surface area contributed by atoms with Gasteiger partial charge >= 0.3 is 0 Å². The van der Waals surface area contributed by atoms with E-state index in [0.29, 0.717) is 18.8 Å². The Morgan fingerprint density at radius 3 is 2.12 bits per heavy atom.